The van der Waals surface area contributed by atoms with Crippen LogP contribution in [0.15, 0.2) is 36.4 Å². The number of benzene rings is 1. The van der Waals surface area contributed by atoms with E-state index in [9.17, 15) is 9.59 Å². The third kappa shape index (κ3) is 4.99. The third-order valence-electron chi connectivity index (χ3n) is 3.00. The van der Waals surface area contributed by atoms with Crippen LogP contribution in [0.5, 0.6) is 0 Å². The molecule has 21 heavy (non-hydrogen) atoms. The molecule has 0 bridgehead atoms. The summed E-state index contributed by atoms with van der Waals surface area (Å²) < 4.78 is 0. The van der Waals surface area contributed by atoms with Crippen molar-refractivity contribution in [2.24, 2.45) is 0 Å². The van der Waals surface area contributed by atoms with Crippen molar-refractivity contribution in [1.82, 2.24) is 5.32 Å². The molecule has 1 aromatic carbocycles. The third-order valence-corrected chi connectivity index (χ3v) is 4.29. The van der Waals surface area contributed by atoms with Gasteiger partial charge in [-0.05, 0) is 36.8 Å². The Bertz CT molecular complexity index is 634. The molecule has 1 heterocycles. The summed E-state index contributed by atoms with van der Waals surface area (Å²) in [6.07, 6.45) is 0.454. The summed E-state index contributed by atoms with van der Waals surface area (Å²) in [7, 11) is 0. The maximum absolute atomic E-state index is 11.9. The van der Waals surface area contributed by atoms with Gasteiger partial charge in [-0.1, -0.05) is 23.7 Å². The van der Waals surface area contributed by atoms with Crippen LogP contribution in [0.25, 0.3) is 0 Å². The van der Waals surface area contributed by atoms with E-state index >= 15 is 0 Å². The molecule has 0 radical (unpaired) electrons. The van der Waals surface area contributed by atoms with Crippen LogP contribution in [-0.4, -0.2) is 11.7 Å². The molecule has 0 aliphatic carbocycles. The maximum atomic E-state index is 11.9. The van der Waals surface area contributed by atoms with E-state index in [0.717, 1.165) is 15.3 Å². The second-order valence-electron chi connectivity index (χ2n) is 4.74. The van der Waals surface area contributed by atoms with Crippen LogP contribution in [0.2, 0.25) is 5.02 Å². The molecule has 110 valence electrons. The SMILES string of the molecule is Cc1ccc(C(=O)CCC(=O)NCc2ccc(Cl)cc2)s1. The number of ketones is 1. The molecule has 0 spiro atoms. The highest BCUT2D eigenvalue weighted by Gasteiger charge is 2.10. The Morgan fingerprint density at radius 2 is 1.81 bits per heavy atom. The monoisotopic (exact) mass is 321 g/mol. The molecule has 2 aromatic rings. The zero-order valence-electron chi connectivity index (χ0n) is 11.7. The van der Waals surface area contributed by atoms with Gasteiger partial charge in [0.1, 0.15) is 0 Å². The molecular formula is C16H16ClNO2S. The topological polar surface area (TPSA) is 46.2 Å². The van der Waals surface area contributed by atoms with E-state index in [-0.39, 0.29) is 24.5 Å². The first-order valence-corrected chi connectivity index (χ1v) is 7.85. The minimum absolute atomic E-state index is 0.0229. The summed E-state index contributed by atoms with van der Waals surface area (Å²) in [5.41, 5.74) is 0.980. The molecule has 3 nitrogen and oxygen atoms in total. The van der Waals surface area contributed by atoms with Gasteiger partial charge in [0.25, 0.3) is 0 Å². The fourth-order valence-corrected chi connectivity index (χ4v) is 2.79. The van der Waals surface area contributed by atoms with E-state index in [1.165, 1.54) is 11.3 Å². The van der Waals surface area contributed by atoms with Crippen molar-refractivity contribution < 1.29 is 9.59 Å². The molecule has 0 saturated heterocycles. The first-order valence-electron chi connectivity index (χ1n) is 6.65. The Hall–Kier alpha value is -1.65. The number of thiophene rings is 1. The van der Waals surface area contributed by atoms with Crippen LogP contribution in [0.1, 0.15) is 33.0 Å². The highest BCUT2D eigenvalue weighted by molar-refractivity contribution is 7.14. The predicted molar refractivity (Wildman–Crippen MR) is 85.9 cm³/mol. The molecule has 0 aliphatic rings. The van der Waals surface area contributed by atoms with E-state index in [4.69, 9.17) is 11.6 Å². The lowest BCUT2D eigenvalue weighted by molar-refractivity contribution is -0.121. The normalized spacial score (nSPS) is 10.4. The molecule has 0 unspecified atom stereocenters. The number of hydrogen-bond donors (Lipinski definition) is 1. The largest absolute Gasteiger partial charge is 0.352 e. The van der Waals surface area contributed by atoms with Gasteiger partial charge in [0.15, 0.2) is 5.78 Å². The zero-order valence-corrected chi connectivity index (χ0v) is 13.3. The smallest absolute Gasteiger partial charge is 0.220 e. The average molecular weight is 322 g/mol. The quantitative estimate of drug-likeness (QED) is 0.818. The number of aryl methyl sites for hydroxylation is 1. The molecule has 5 heteroatoms. The molecule has 1 N–H and O–H groups in total. The summed E-state index contributed by atoms with van der Waals surface area (Å²) in [5.74, 6) is -0.0960. The van der Waals surface area contributed by atoms with Crippen molar-refractivity contribution >= 4 is 34.6 Å². The maximum Gasteiger partial charge on any atom is 0.220 e. The van der Waals surface area contributed by atoms with Gasteiger partial charge in [-0.25, -0.2) is 0 Å². The molecule has 0 saturated carbocycles. The van der Waals surface area contributed by atoms with Gasteiger partial charge in [-0.2, -0.15) is 0 Å². The van der Waals surface area contributed by atoms with Crippen molar-refractivity contribution in [2.75, 3.05) is 0 Å². The highest BCUT2D eigenvalue weighted by Crippen LogP contribution is 2.17. The molecule has 1 aromatic heterocycles. The van der Waals surface area contributed by atoms with Crippen molar-refractivity contribution in [3.8, 4) is 0 Å². The van der Waals surface area contributed by atoms with Crippen molar-refractivity contribution in [3.63, 3.8) is 0 Å². The lowest BCUT2D eigenvalue weighted by Gasteiger charge is -2.05. The summed E-state index contributed by atoms with van der Waals surface area (Å²) in [6, 6.07) is 11.0. The number of hydrogen-bond acceptors (Lipinski definition) is 3. The Morgan fingerprint density at radius 1 is 1.10 bits per heavy atom. The highest BCUT2D eigenvalue weighted by atomic mass is 35.5. The first kappa shape index (κ1) is 15.7. The molecule has 0 aliphatic heterocycles. The number of rotatable bonds is 6. The van der Waals surface area contributed by atoms with Crippen LogP contribution in [-0.2, 0) is 11.3 Å². The first-order chi connectivity index (χ1) is 10.0. The van der Waals surface area contributed by atoms with E-state index < -0.39 is 0 Å². The van der Waals surface area contributed by atoms with Gasteiger partial charge in [0, 0.05) is 29.3 Å². The van der Waals surface area contributed by atoms with Gasteiger partial charge in [-0.15, -0.1) is 11.3 Å². The summed E-state index contributed by atoms with van der Waals surface area (Å²) in [4.78, 5) is 25.5. The number of amides is 1. The number of halogens is 1. The molecule has 0 atom stereocenters. The van der Waals surface area contributed by atoms with Crippen molar-refractivity contribution in [2.45, 2.75) is 26.3 Å². The van der Waals surface area contributed by atoms with Crippen molar-refractivity contribution in [1.29, 1.82) is 0 Å². The number of carbonyl (C=O) groups excluding carboxylic acids is 2. The molecule has 1 amide bonds. The second-order valence-corrected chi connectivity index (χ2v) is 6.46. The Morgan fingerprint density at radius 3 is 2.43 bits per heavy atom. The van der Waals surface area contributed by atoms with Crippen LogP contribution in [0.3, 0.4) is 0 Å². The van der Waals surface area contributed by atoms with Crippen LogP contribution >= 0.6 is 22.9 Å². The lowest BCUT2D eigenvalue weighted by Crippen LogP contribution is -2.23. The Labute approximate surface area is 132 Å². The standard InChI is InChI=1S/C16H16ClNO2S/c1-11-2-8-15(21-11)14(19)7-9-16(20)18-10-12-3-5-13(17)6-4-12/h2-6,8H,7,9-10H2,1H3,(H,18,20). The Balaban J connectivity index is 1.74. The zero-order chi connectivity index (χ0) is 15.2. The van der Waals surface area contributed by atoms with Crippen LogP contribution in [0, 0.1) is 6.92 Å². The van der Waals surface area contributed by atoms with E-state index in [1.54, 1.807) is 12.1 Å². The number of nitrogens with one attached hydrogen (secondary N) is 1. The van der Waals surface area contributed by atoms with E-state index in [1.807, 2.05) is 31.2 Å². The van der Waals surface area contributed by atoms with Crippen molar-refractivity contribution in [3.05, 3.63) is 56.7 Å². The fraction of sp³-hybridized carbons (Fsp3) is 0.250. The number of carbonyl (C=O) groups is 2. The Kier molecular flexibility index (Phi) is 5.53. The van der Waals surface area contributed by atoms with E-state index in [2.05, 4.69) is 5.32 Å². The van der Waals surface area contributed by atoms with Gasteiger partial charge in [0.05, 0.1) is 4.88 Å². The predicted octanol–water partition coefficient (Wildman–Crippen LogP) is 3.99. The van der Waals surface area contributed by atoms with E-state index in [0.29, 0.717) is 11.6 Å². The fourth-order valence-electron chi connectivity index (χ4n) is 1.83. The summed E-state index contributed by atoms with van der Waals surface area (Å²) >= 11 is 7.26. The number of Topliss-reactive ketones (excluding diaryl/α,β-unsaturated/α-hetero) is 1. The molecule has 0 fully saturated rings. The van der Waals surface area contributed by atoms with Gasteiger partial charge in [-0.3, -0.25) is 9.59 Å². The minimum Gasteiger partial charge on any atom is -0.352 e. The summed E-state index contributed by atoms with van der Waals surface area (Å²) in [6.45, 7) is 2.41. The minimum atomic E-state index is -0.119. The van der Waals surface area contributed by atoms with Gasteiger partial charge >= 0.3 is 0 Å². The van der Waals surface area contributed by atoms with Gasteiger partial charge < -0.3 is 5.32 Å². The average Bonchev–Trinajstić information content (AvgIpc) is 2.91. The summed E-state index contributed by atoms with van der Waals surface area (Å²) in [5, 5.41) is 3.47. The molecular weight excluding hydrogens is 306 g/mol. The van der Waals surface area contributed by atoms with Crippen LogP contribution in [0.4, 0.5) is 0 Å². The second kappa shape index (κ2) is 7.38. The van der Waals surface area contributed by atoms with Crippen LogP contribution < -0.4 is 5.32 Å². The van der Waals surface area contributed by atoms with Gasteiger partial charge in [0.2, 0.25) is 5.91 Å². The lowest BCUT2D eigenvalue weighted by atomic mass is 10.2. The molecule has 2 rings (SSSR count).